The van der Waals surface area contributed by atoms with Crippen molar-refractivity contribution in [3.05, 3.63) is 47.3 Å². The van der Waals surface area contributed by atoms with Crippen molar-refractivity contribution in [3.8, 4) is 11.5 Å². The fourth-order valence-corrected chi connectivity index (χ4v) is 4.13. The normalized spacial score (nSPS) is 19.9. The van der Waals surface area contributed by atoms with E-state index in [0.29, 0.717) is 19.7 Å². The second-order valence-electron chi connectivity index (χ2n) is 7.65. The summed E-state index contributed by atoms with van der Waals surface area (Å²) in [6.07, 6.45) is 3.63. The minimum atomic E-state index is -0.0604. The molecule has 0 radical (unpaired) electrons. The van der Waals surface area contributed by atoms with Gasteiger partial charge in [0.25, 0.3) is 0 Å². The molecule has 0 N–H and O–H groups in total. The molecule has 0 bridgehead atoms. The number of aromatic nitrogens is 1. The van der Waals surface area contributed by atoms with Gasteiger partial charge in [-0.25, -0.2) is 0 Å². The third kappa shape index (κ3) is 3.88. The molecule has 0 unspecified atom stereocenters. The van der Waals surface area contributed by atoms with Crippen molar-refractivity contribution in [2.45, 2.75) is 45.8 Å². The van der Waals surface area contributed by atoms with Gasteiger partial charge in [0.2, 0.25) is 0 Å². The van der Waals surface area contributed by atoms with Crippen LogP contribution in [0.2, 0.25) is 0 Å². The van der Waals surface area contributed by atoms with Crippen LogP contribution in [0.1, 0.15) is 41.0 Å². The average Bonchev–Trinajstić information content (AvgIpc) is 2.97. The number of benzene rings is 1. The van der Waals surface area contributed by atoms with Gasteiger partial charge in [-0.2, -0.15) is 0 Å². The third-order valence-electron chi connectivity index (χ3n) is 5.64. The van der Waals surface area contributed by atoms with Gasteiger partial charge >= 0.3 is 0 Å². The van der Waals surface area contributed by atoms with Crippen molar-refractivity contribution in [1.29, 1.82) is 0 Å². The fourth-order valence-electron chi connectivity index (χ4n) is 4.13. The van der Waals surface area contributed by atoms with Crippen LogP contribution in [0.15, 0.2) is 30.3 Å². The number of nitrogens with zero attached hydrogens (tertiary/aromatic N) is 2. The predicted molar refractivity (Wildman–Crippen MR) is 105 cm³/mol. The summed E-state index contributed by atoms with van der Waals surface area (Å²) in [6.45, 7) is 7.90. The van der Waals surface area contributed by atoms with E-state index < -0.39 is 0 Å². The van der Waals surface area contributed by atoms with Crippen LogP contribution < -0.4 is 9.47 Å². The molecule has 1 aromatic heterocycles. The summed E-state index contributed by atoms with van der Waals surface area (Å²) in [5.41, 5.74) is 2.96. The molecule has 4 rings (SSSR count). The number of para-hydroxylation sites is 2. The second-order valence-corrected chi connectivity index (χ2v) is 7.65. The SMILES string of the molecule is Cc1cc(C(=O)CN2CCCCC2)c(C)n1C[C@H]1COc2ccccc2O1. The van der Waals surface area contributed by atoms with E-state index in [2.05, 4.69) is 16.4 Å². The van der Waals surface area contributed by atoms with Gasteiger partial charge in [-0.3, -0.25) is 9.69 Å². The van der Waals surface area contributed by atoms with Crippen molar-refractivity contribution in [3.63, 3.8) is 0 Å². The fraction of sp³-hybridized carbons (Fsp3) is 0.500. The molecule has 2 aliphatic rings. The maximum atomic E-state index is 12.8. The Morgan fingerprint density at radius 3 is 2.63 bits per heavy atom. The largest absolute Gasteiger partial charge is 0.486 e. The highest BCUT2D eigenvalue weighted by Gasteiger charge is 2.24. The van der Waals surface area contributed by atoms with E-state index in [1.807, 2.05) is 37.3 Å². The highest BCUT2D eigenvalue weighted by Crippen LogP contribution is 2.31. The van der Waals surface area contributed by atoms with E-state index in [-0.39, 0.29) is 11.9 Å². The smallest absolute Gasteiger partial charge is 0.178 e. The monoisotopic (exact) mass is 368 g/mol. The van der Waals surface area contributed by atoms with Gasteiger partial charge in [-0.1, -0.05) is 18.6 Å². The molecule has 5 nitrogen and oxygen atoms in total. The summed E-state index contributed by atoms with van der Waals surface area (Å²) in [4.78, 5) is 15.1. The van der Waals surface area contributed by atoms with Crippen LogP contribution in [0.4, 0.5) is 0 Å². The Morgan fingerprint density at radius 2 is 1.85 bits per heavy atom. The Bertz CT molecular complexity index is 821. The minimum absolute atomic E-state index is 0.0604. The van der Waals surface area contributed by atoms with E-state index in [1.54, 1.807) is 0 Å². The molecular formula is C22H28N2O3. The van der Waals surface area contributed by atoms with Crippen LogP contribution in [-0.2, 0) is 6.54 Å². The lowest BCUT2D eigenvalue weighted by Gasteiger charge is -2.27. The zero-order chi connectivity index (χ0) is 18.8. The first-order valence-corrected chi connectivity index (χ1v) is 9.92. The van der Waals surface area contributed by atoms with Gasteiger partial charge in [0.05, 0.1) is 13.1 Å². The Morgan fingerprint density at radius 1 is 1.11 bits per heavy atom. The number of piperidine rings is 1. The number of ketones is 1. The highest BCUT2D eigenvalue weighted by molar-refractivity contribution is 5.99. The first-order chi connectivity index (χ1) is 13.1. The van der Waals surface area contributed by atoms with E-state index in [9.17, 15) is 4.79 Å². The highest BCUT2D eigenvalue weighted by atomic mass is 16.6. The van der Waals surface area contributed by atoms with Crippen molar-refractivity contribution in [1.82, 2.24) is 9.47 Å². The standard InChI is InChI=1S/C22H28N2O3/c1-16-12-19(20(25)14-23-10-6-3-7-11-23)17(2)24(16)13-18-15-26-21-8-4-5-9-22(21)27-18/h4-5,8-9,12,18H,3,6-7,10-11,13-15H2,1-2H3/t18-/m0/s1. The average molecular weight is 368 g/mol. The molecule has 0 amide bonds. The number of Topliss-reactive ketones (excluding diaryl/α,β-unsaturated/α-hetero) is 1. The number of hydrogen-bond donors (Lipinski definition) is 0. The van der Waals surface area contributed by atoms with E-state index in [0.717, 1.165) is 41.5 Å². The second kappa shape index (κ2) is 7.77. The van der Waals surface area contributed by atoms with Crippen LogP contribution in [0, 0.1) is 13.8 Å². The quantitative estimate of drug-likeness (QED) is 0.756. The van der Waals surface area contributed by atoms with Gasteiger partial charge in [0, 0.05) is 17.0 Å². The van der Waals surface area contributed by atoms with Crippen molar-refractivity contribution in [2.75, 3.05) is 26.2 Å². The zero-order valence-corrected chi connectivity index (χ0v) is 16.2. The molecular weight excluding hydrogens is 340 g/mol. The minimum Gasteiger partial charge on any atom is -0.486 e. The lowest BCUT2D eigenvalue weighted by Crippen LogP contribution is -2.35. The summed E-state index contributed by atoms with van der Waals surface area (Å²) in [6, 6.07) is 9.79. The zero-order valence-electron chi connectivity index (χ0n) is 16.2. The molecule has 2 aromatic rings. The summed E-state index contributed by atoms with van der Waals surface area (Å²) < 4.78 is 14.1. The molecule has 0 saturated carbocycles. The number of fused-ring (bicyclic) bond motifs is 1. The maximum absolute atomic E-state index is 12.8. The van der Waals surface area contributed by atoms with Crippen molar-refractivity contribution in [2.24, 2.45) is 0 Å². The van der Waals surface area contributed by atoms with Gasteiger partial charge < -0.3 is 14.0 Å². The van der Waals surface area contributed by atoms with Crippen LogP contribution in [-0.4, -0.2) is 47.6 Å². The molecule has 2 aliphatic heterocycles. The van der Waals surface area contributed by atoms with Crippen LogP contribution in [0.3, 0.4) is 0 Å². The summed E-state index contributed by atoms with van der Waals surface area (Å²) in [5.74, 6) is 1.81. The number of rotatable bonds is 5. The van der Waals surface area contributed by atoms with Gasteiger partial charge in [-0.15, -0.1) is 0 Å². The Hall–Kier alpha value is -2.27. The van der Waals surface area contributed by atoms with Crippen molar-refractivity contribution >= 4 is 5.78 Å². The number of hydrogen-bond acceptors (Lipinski definition) is 4. The Labute approximate surface area is 160 Å². The molecule has 1 saturated heterocycles. The molecule has 3 heterocycles. The molecule has 1 fully saturated rings. The van der Waals surface area contributed by atoms with E-state index in [4.69, 9.17) is 9.47 Å². The van der Waals surface area contributed by atoms with Crippen LogP contribution in [0.5, 0.6) is 11.5 Å². The predicted octanol–water partition coefficient (Wildman–Crippen LogP) is 3.61. The molecule has 1 aromatic carbocycles. The first kappa shape index (κ1) is 18.1. The van der Waals surface area contributed by atoms with Crippen LogP contribution in [0.25, 0.3) is 0 Å². The van der Waals surface area contributed by atoms with E-state index >= 15 is 0 Å². The Kier molecular flexibility index (Phi) is 5.21. The molecule has 0 aliphatic carbocycles. The van der Waals surface area contributed by atoms with E-state index in [1.165, 1.54) is 19.3 Å². The molecule has 1 atom stereocenters. The lowest BCUT2D eigenvalue weighted by molar-refractivity contribution is 0.0777. The van der Waals surface area contributed by atoms with Crippen molar-refractivity contribution < 1.29 is 14.3 Å². The number of carbonyl (C=O) groups is 1. The number of likely N-dealkylation sites (tertiary alicyclic amines) is 1. The third-order valence-corrected chi connectivity index (χ3v) is 5.64. The summed E-state index contributed by atoms with van der Waals surface area (Å²) in [5, 5.41) is 0. The molecule has 27 heavy (non-hydrogen) atoms. The number of carbonyl (C=O) groups excluding carboxylic acids is 1. The van der Waals surface area contributed by atoms with Crippen LogP contribution >= 0.6 is 0 Å². The molecule has 144 valence electrons. The number of ether oxygens (including phenoxy) is 2. The Balaban J connectivity index is 1.45. The summed E-state index contributed by atoms with van der Waals surface area (Å²) >= 11 is 0. The molecule has 0 spiro atoms. The number of aryl methyl sites for hydroxylation is 1. The maximum Gasteiger partial charge on any atom is 0.178 e. The summed E-state index contributed by atoms with van der Waals surface area (Å²) in [7, 11) is 0. The first-order valence-electron chi connectivity index (χ1n) is 9.92. The topological polar surface area (TPSA) is 43.7 Å². The van der Waals surface area contributed by atoms with Gasteiger partial charge in [0.1, 0.15) is 6.61 Å². The lowest BCUT2D eigenvalue weighted by atomic mass is 10.1. The van der Waals surface area contributed by atoms with Gasteiger partial charge in [-0.05, 0) is 58.0 Å². The van der Waals surface area contributed by atoms with Gasteiger partial charge in [0.15, 0.2) is 23.4 Å². The molecule has 5 heteroatoms.